The van der Waals surface area contributed by atoms with Crippen molar-refractivity contribution in [3.8, 4) is 0 Å². The predicted molar refractivity (Wildman–Crippen MR) is 78.5 cm³/mol. The smallest absolute Gasteiger partial charge is 0.316 e. The standard InChI is InChI=1S/C12H15N3O3S2/c1-4-8-5-9(16)15-11(13-8)20-12(14-15)19-6-10(17)18-7(2)3/h5,7H,4,6H2,1-3H3. The number of esters is 1. The molecule has 2 rings (SSSR count). The van der Waals surface area contributed by atoms with Gasteiger partial charge < -0.3 is 4.74 Å². The Hall–Kier alpha value is -1.41. The lowest BCUT2D eigenvalue weighted by Crippen LogP contribution is -2.15. The number of aromatic nitrogens is 3. The molecule has 2 heterocycles. The Bertz CT molecular complexity index is 678. The van der Waals surface area contributed by atoms with Crippen molar-refractivity contribution in [2.45, 2.75) is 37.6 Å². The van der Waals surface area contributed by atoms with Crippen molar-refractivity contribution < 1.29 is 9.53 Å². The van der Waals surface area contributed by atoms with Gasteiger partial charge in [-0.15, -0.1) is 5.10 Å². The zero-order valence-electron chi connectivity index (χ0n) is 11.5. The Morgan fingerprint density at radius 1 is 1.55 bits per heavy atom. The minimum atomic E-state index is -0.293. The minimum Gasteiger partial charge on any atom is -0.462 e. The number of hydrogen-bond acceptors (Lipinski definition) is 7. The molecule has 0 bridgehead atoms. The van der Waals surface area contributed by atoms with Gasteiger partial charge in [0.15, 0.2) is 4.34 Å². The fourth-order valence-electron chi connectivity index (χ4n) is 1.50. The molecule has 0 aliphatic heterocycles. The van der Waals surface area contributed by atoms with Crippen LogP contribution in [0.15, 0.2) is 15.2 Å². The quantitative estimate of drug-likeness (QED) is 0.618. The normalized spacial score (nSPS) is 11.2. The highest BCUT2D eigenvalue weighted by atomic mass is 32.2. The summed E-state index contributed by atoms with van der Waals surface area (Å²) in [4.78, 5) is 28.2. The SMILES string of the molecule is CCc1cc(=O)n2nc(SCC(=O)OC(C)C)sc2n1. The molecule has 20 heavy (non-hydrogen) atoms. The average molecular weight is 313 g/mol. The Labute approximate surface area is 124 Å². The molecule has 6 nitrogen and oxygen atoms in total. The monoisotopic (exact) mass is 313 g/mol. The number of hydrogen-bond donors (Lipinski definition) is 0. The van der Waals surface area contributed by atoms with Gasteiger partial charge in [0.05, 0.1) is 11.9 Å². The summed E-state index contributed by atoms with van der Waals surface area (Å²) in [6.07, 6.45) is 0.571. The zero-order chi connectivity index (χ0) is 14.7. The van der Waals surface area contributed by atoms with E-state index in [-0.39, 0.29) is 23.4 Å². The van der Waals surface area contributed by atoms with Gasteiger partial charge in [0.1, 0.15) is 0 Å². The number of ether oxygens (including phenoxy) is 1. The van der Waals surface area contributed by atoms with Gasteiger partial charge in [-0.25, -0.2) is 4.98 Å². The average Bonchev–Trinajstić information content (AvgIpc) is 2.79. The van der Waals surface area contributed by atoms with Crippen molar-refractivity contribution in [1.82, 2.24) is 14.6 Å². The largest absolute Gasteiger partial charge is 0.462 e. The van der Waals surface area contributed by atoms with Crippen LogP contribution in [0.5, 0.6) is 0 Å². The summed E-state index contributed by atoms with van der Waals surface area (Å²) < 4.78 is 6.93. The summed E-state index contributed by atoms with van der Waals surface area (Å²) >= 11 is 2.55. The van der Waals surface area contributed by atoms with Crippen molar-refractivity contribution in [3.63, 3.8) is 0 Å². The van der Waals surface area contributed by atoms with Gasteiger partial charge in [-0.05, 0) is 20.3 Å². The molecule has 0 atom stereocenters. The summed E-state index contributed by atoms with van der Waals surface area (Å²) in [6, 6.07) is 1.48. The van der Waals surface area contributed by atoms with E-state index in [9.17, 15) is 9.59 Å². The second-order valence-corrected chi connectivity index (χ2v) is 6.51. The number of thioether (sulfide) groups is 1. The topological polar surface area (TPSA) is 73.6 Å². The van der Waals surface area contributed by atoms with Gasteiger partial charge in [0.2, 0.25) is 4.96 Å². The second kappa shape index (κ2) is 6.36. The van der Waals surface area contributed by atoms with E-state index in [2.05, 4.69) is 10.1 Å². The number of carbonyl (C=O) groups excluding carboxylic acids is 1. The van der Waals surface area contributed by atoms with Crippen LogP contribution in [0.4, 0.5) is 0 Å². The van der Waals surface area contributed by atoms with E-state index in [4.69, 9.17) is 4.74 Å². The maximum absolute atomic E-state index is 11.8. The third-order valence-corrected chi connectivity index (χ3v) is 4.34. The van der Waals surface area contributed by atoms with Gasteiger partial charge in [-0.2, -0.15) is 4.52 Å². The molecule has 0 aliphatic rings. The van der Waals surface area contributed by atoms with Crippen LogP contribution in [-0.2, 0) is 16.0 Å². The first-order valence-electron chi connectivity index (χ1n) is 6.21. The molecular formula is C12H15N3O3S2. The van der Waals surface area contributed by atoms with Crippen molar-refractivity contribution in [2.24, 2.45) is 0 Å². The molecule has 0 N–H and O–H groups in total. The highest BCUT2D eigenvalue weighted by Gasteiger charge is 2.12. The summed E-state index contributed by atoms with van der Waals surface area (Å²) in [7, 11) is 0. The number of carbonyl (C=O) groups is 1. The van der Waals surface area contributed by atoms with Crippen molar-refractivity contribution in [2.75, 3.05) is 5.75 Å². The van der Waals surface area contributed by atoms with Crippen molar-refractivity contribution in [3.05, 3.63) is 22.1 Å². The summed E-state index contributed by atoms with van der Waals surface area (Å²) in [5, 5.41) is 4.15. The van der Waals surface area contributed by atoms with Gasteiger partial charge in [0.25, 0.3) is 5.56 Å². The van der Waals surface area contributed by atoms with Crippen LogP contribution in [0.2, 0.25) is 0 Å². The predicted octanol–water partition coefficient (Wildman–Crippen LogP) is 1.76. The van der Waals surface area contributed by atoms with Gasteiger partial charge in [-0.1, -0.05) is 30.0 Å². The molecule has 8 heteroatoms. The minimum absolute atomic E-state index is 0.130. The molecule has 0 fully saturated rings. The molecule has 2 aromatic heterocycles. The molecule has 0 spiro atoms. The fraction of sp³-hybridized carbons (Fsp3) is 0.500. The maximum Gasteiger partial charge on any atom is 0.316 e. The third-order valence-electron chi connectivity index (χ3n) is 2.32. The molecular weight excluding hydrogens is 298 g/mol. The van der Waals surface area contributed by atoms with Crippen LogP contribution < -0.4 is 5.56 Å². The fourth-order valence-corrected chi connectivity index (χ4v) is 3.24. The van der Waals surface area contributed by atoms with Crippen LogP contribution >= 0.6 is 23.1 Å². The van der Waals surface area contributed by atoms with Crippen LogP contribution in [0.25, 0.3) is 4.96 Å². The van der Waals surface area contributed by atoms with Gasteiger partial charge >= 0.3 is 5.97 Å². The first-order valence-corrected chi connectivity index (χ1v) is 8.02. The zero-order valence-corrected chi connectivity index (χ0v) is 13.1. The summed E-state index contributed by atoms with van der Waals surface area (Å²) in [5.41, 5.74) is 0.550. The highest BCUT2D eigenvalue weighted by molar-refractivity contribution is 8.01. The van der Waals surface area contributed by atoms with Crippen LogP contribution in [0, 0.1) is 0 Å². The lowest BCUT2D eigenvalue weighted by molar-refractivity contribution is -0.144. The maximum atomic E-state index is 11.8. The first kappa shape index (κ1) is 15.0. The Kier molecular flexibility index (Phi) is 4.77. The van der Waals surface area contributed by atoms with E-state index in [1.165, 1.54) is 33.7 Å². The van der Waals surface area contributed by atoms with Crippen LogP contribution in [-0.4, -0.2) is 32.4 Å². The van der Waals surface area contributed by atoms with Crippen LogP contribution in [0.3, 0.4) is 0 Å². The van der Waals surface area contributed by atoms with E-state index in [0.29, 0.717) is 15.7 Å². The van der Waals surface area contributed by atoms with E-state index in [1.807, 2.05) is 6.92 Å². The molecule has 2 aromatic rings. The first-order chi connectivity index (χ1) is 9.49. The lowest BCUT2D eigenvalue weighted by Gasteiger charge is -2.05. The molecule has 0 saturated carbocycles. The lowest BCUT2D eigenvalue weighted by atomic mass is 10.3. The Morgan fingerprint density at radius 3 is 2.95 bits per heavy atom. The molecule has 0 saturated heterocycles. The molecule has 0 aliphatic carbocycles. The van der Waals surface area contributed by atoms with E-state index >= 15 is 0 Å². The van der Waals surface area contributed by atoms with Gasteiger partial charge in [0, 0.05) is 11.8 Å². The molecule has 108 valence electrons. The Balaban J connectivity index is 2.14. The highest BCUT2D eigenvalue weighted by Crippen LogP contribution is 2.23. The second-order valence-electron chi connectivity index (χ2n) is 4.33. The van der Waals surface area contributed by atoms with E-state index in [1.54, 1.807) is 13.8 Å². The van der Waals surface area contributed by atoms with Crippen molar-refractivity contribution >= 4 is 34.0 Å². The molecule has 0 radical (unpaired) electrons. The molecule has 0 amide bonds. The number of aryl methyl sites for hydroxylation is 1. The summed E-state index contributed by atoms with van der Waals surface area (Å²) in [5.74, 6) is -0.119. The number of fused-ring (bicyclic) bond motifs is 1. The molecule has 0 aromatic carbocycles. The summed E-state index contributed by atoms with van der Waals surface area (Å²) in [6.45, 7) is 5.54. The number of nitrogens with zero attached hydrogens (tertiary/aromatic N) is 3. The third kappa shape index (κ3) is 3.57. The van der Waals surface area contributed by atoms with E-state index in [0.717, 1.165) is 5.69 Å². The van der Waals surface area contributed by atoms with Crippen molar-refractivity contribution in [1.29, 1.82) is 0 Å². The molecule has 0 unspecified atom stereocenters. The van der Waals surface area contributed by atoms with Crippen LogP contribution in [0.1, 0.15) is 26.5 Å². The van der Waals surface area contributed by atoms with E-state index < -0.39 is 0 Å². The number of rotatable bonds is 5. The van der Waals surface area contributed by atoms with Gasteiger partial charge in [-0.3, -0.25) is 9.59 Å². The Morgan fingerprint density at radius 2 is 2.30 bits per heavy atom.